The molecule has 2 aromatic carbocycles. The maximum atomic E-state index is 11.6. The molecule has 0 spiro atoms. The van der Waals surface area contributed by atoms with Gasteiger partial charge in [0, 0.05) is 6.42 Å². The number of nitrogens with one attached hydrogen (secondary N) is 2. The molecule has 0 unspecified atom stereocenters. The summed E-state index contributed by atoms with van der Waals surface area (Å²) in [6, 6.07) is 17.2. The molecular weight excluding hydrogens is 300 g/mol. The van der Waals surface area contributed by atoms with Crippen LogP contribution >= 0.6 is 12.2 Å². The molecule has 2 aromatic rings. The lowest BCUT2D eigenvalue weighted by molar-refractivity contribution is 0.198. The Morgan fingerprint density at radius 3 is 2.14 bits per heavy atom. The minimum atomic E-state index is -0.869. The van der Waals surface area contributed by atoms with Crippen molar-refractivity contribution >= 4 is 29.3 Å². The summed E-state index contributed by atoms with van der Waals surface area (Å²) in [4.78, 5) is 23.5. The van der Waals surface area contributed by atoms with Gasteiger partial charge in [-0.05, 0) is 17.7 Å². The van der Waals surface area contributed by atoms with E-state index in [4.69, 9.17) is 17.0 Å². The standard InChI is InChI=1S/C16H14N2O3S/c19-15(17-14(22)11-12-7-3-1-4-8-12)18-16(20)21-13-9-5-2-6-10-13/h1-10H,11H2,(H2,17,18,19,20,22). The number of amides is 3. The van der Waals surface area contributed by atoms with E-state index >= 15 is 0 Å². The van der Waals surface area contributed by atoms with Crippen LogP contribution in [0, 0.1) is 0 Å². The van der Waals surface area contributed by atoms with Gasteiger partial charge in [0.1, 0.15) is 5.75 Å². The van der Waals surface area contributed by atoms with Crippen molar-refractivity contribution in [1.29, 1.82) is 0 Å². The van der Waals surface area contributed by atoms with Crippen LogP contribution in [0.5, 0.6) is 5.75 Å². The average Bonchev–Trinajstić information content (AvgIpc) is 2.48. The number of carbonyl (C=O) groups excluding carboxylic acids is 2. The fourth-order valence-electron chi connectivity index (χ4n) is 1.70. The molecule has 112 valence electrons. The number of benzene rings is 2. The lowest BCUT2D eigenvalue weighted by Crippen LogP contribution is -2.43. The molecule has 6 heteroatoms. The molecule has 3 amide bonds. The maximum Gasteiger partial charge on any atom is 0.420 e. The summed E-state index contributed by atoms with van der Waals surface area (Å²) in [7, 11) is 0. The van der Waals surface area contributed by atoms with Crippen LogP contribution in [0.15, 0.2) is 60.7 Å². The molecule has 0 bridgehead atoms. The highest BCUT2D eigenvalue weighted by atomic mass is 32.1. The number of ether oxygens (including phenoxy) is 1. The van der Waals surface area contributed by atoms with Crippen molar-refractivity contribution in [2.45, 2.75) is 6.42 Å². The van der Waals surface area contributed by atoms with Gasteiger partial charge in [0.25, 0.3) is 0 Å². The first kappa shape index (κ1) is 15.7. The summed E-state index contributed by atoms with van der Waals surface area (Å²) in [5.74, 6) is 0.347. The normalized spacial score (nSPS) is 9.64. The zero-order chi connectivity index (χ0) is 15.8. The van der Waals surface area contributed by atoms with E-state index in [9.17, 15) is 9.59 Å². The Kier molecular flexibility index (Phi) is 5.62. The molecule has 0 saturated heterocycles. The van der Waals surface area contributed by atoms with Gasteiger partial charge in [-0.1, -0.05) is 60.7 Å². The van der Waals surface area contributed by atoms with E-state index in [1.165, 1.54) is 0 Å². The molecule has 0 atom stereocenters. The van der Waals surface area contributed by atoms with Gasteiger partial charge in [-0.2, -0.15) is 0 Å². The Morgan fingerprint density at radius 1 is 0.909 bits per heavy atom. The third-order valence-electron chi connectivity index (χ3n) is 2.63. The topological polar surface area (TPSA) is 67.4 Å². The Labute approximate surface area is 133 Å². The molecule has 0 aromatic heterocycles. The average molecular weight is 314 g/mol. The van der Waals surface area contributed by atoms with Crippen LogP contribution in [0.2, 0.25) is 0 Å². The largest absolute Gasteiger partial charge is 0.420 e. The number of imide groups is 1. The number of para-hydroxylation sites is 1. The van der Waals surface area contributed by atoms with Gasteiger partial charge in [0.15, 0.2) is 0 Å². The Balaban J connectivity index is 1.77. The molecule has 0 fully saturated rings. The first-order valence-electron chi connectivity index (χ1n) is 6.55. The quantitative estimate of drug-likeness (QED) is 0.855. The Hall–Kier alpha value is -2.73. The monoisotopic (exact) mass is 314 g/mol. The van der Waals surface area contributed by atoms with Crippen LogP contribution in [0.3, 0.4) is 0 Å². The second-order valence-corrected chi connectivity index (χ2v) is 4.86. The van der Waals surface area contributed by atoms with Gasteiger partial charge < -0.3 is 10.1 Å². The first-order chi connectivity index (χ1) is 10.6. The van der Waals surface area contributed by atoms with Crippen molar-refractivity contribution in [2.75, 3.05) is 0 Å². The molecule has 5 nitrogen and oxygen atoms in total. The van der Waals surface area contributed by atoms with Gasteiger partial charge in [0.05, 0.1) is 4.99 Å². The van der Waals surface area contributed by atoms with E-state index in [0.717, 1.165) is 5.56 Å². The number of hydrogen-bond donors (Lipinski definition) is 2. The predicted octanol–water partition coefficient (Wildman–Crippen LogP) is 3.05. The summed E-state index contributed by atoms with van der Waals surface area (Å²) in [5, 5.41) is 4.47. The summed E-state index contributed by atoms with van der Waals surface area (Å²) in [6.07, 6.45) is -0.455. The summed E-state index contributed by atoms with van der Waals surface area (Å²) in [5.41, 5.74) is 0.972. The van der Waals surface area contributed by atoms with Crippen LogP contribution < -0.4 is 15.4 Å². The summed E-state index contributed by atoms with van der Waals surface area (Å²) < 4.78 is 4.93. The molecule has 2 N–H and O–H groups in total. The number of hydrogen-bond acceptors (Lipinski definition) is 4. The fourth-order valence-corrected chi connectivity index (χ4v) is 1.96. The lowest BCUT2D eigenvalue weighted by Gasteiger charge is -2.08. The third-order valence-corrected chi connectivity index (χ3v) is 2.88. The van der Waals surface area contributed by atoms with Gasteiger partial charge in [-0.15, -0.1) is 0 Å². The van der Waals surface area contributed by atoms with E-state index in [-0.39, 0.29) is 0 Å². The smallest absolute Gasteiger partial charge is 0.410 e. The number of urea groups is 1. The molecule has 22 heavy (non-hydrogen) atoms. The zero-order valence-electron chi connectivity index (χ0n) is 11.6. The van der Waals surface area contributed by atoms with E-state index < -0.39 is 12.1 Å². The van der Waals surface area contributed by atoms with Crippen LogP contribution in [0.25, 0.3) is 0 Å². The number of rotatable bonds is 3. The van der Waals surface area contributed by atoms with Crippen LogP contribution in [-0.2, 0) is 6.42 Å². The van der Waals surface area contributed by atoms with Crippen molar-refractivity contribution in [3.05, 3.63) is 66.2 Å². The molecule has 0 aliphatic rings. The molecule has 0 aliphatic heterocycles. The minimum Gasteiger partial charge on any atom is -0.410 e. The summed E-state index contributed by atoms with van der Waals surface area (Å²) in [6.45, 7) is 0. The SMILES string of the molecule is O=C(NC(=O)Oc1ccccc1)NC(=S)Cc1ccccc1. The number of carbonyl (C=O) groups is 2. The van der Waals surface area contributed by atoms with Gasteiger partial charge in [0.2, 0.25) is 0 Å². The van der Waals surface area contributed by atoms with E-state index in [0.29, 0.717) is 17.2 Å². The van der Waals surface area contributed by atoms with Crippen molar-refractivity contribution in [3.8, 4) is 5.75 Å². The number of thiocarbonyl (C=S) groups is 1. The molecule has 0 aliphatic carbocycles. The van der Waals surface area contributed by atoms with Crippen LogP contribution in [0.4, 0.5) is 9.59 Å². The van der Waals surface area contributed by atoms with Crippen LogP contribution in [0.1, 0.15) is 5.56 Å². The first-order valence-corrected chi connectivity index (χ1v) is 6.96. The highest BCUT2D eigenvalue weighted by Crippen LogP contribution is 2.08. The molecule has 2 rings (SSSR count). The summed E-state index contributed by atoms with van der Waals surface area (Å²) >= 11 is 5.07. The van der Waals surface area contributed by atoms with Crippen LogP contribution in [-0.4, -0.2) is 17.1 Å². The second kappa shape index (κ2) is 7.90. The van der Waals surface area contributed by atoms with Crippen molar-refractivity contribution < 1.29 is 14.3 Å². The fraction of sp³-hybridized carbons (Fsp3) is 0.0625. The van der Waals surface area contributed by atoms with Crippen molar-refractivity contribution in [1.82, 2.24) is 10.6 Å². The second-order valence-electron chi connectivity index (χ2n) is 4.37. The van der Waals surface area contributed by atoms with Gasteiger partial charge in [-0.3, -0.25) is 0 Å². The third kappa shape index (κ3) is 5.34. The molecular formula is C16H14N2O3S. The van der Waals surface area contributed by atoms with Crippen molar-refractivity contribution in [3.63, 3.8) is 0 Å². The molecule has 0 heterocycles. The van der Waals surface area contributed by atoms with Gasteiger partial charge in [-0.25, -0.2) is 14.9 Å². The molecule has 0 saturated carbocycles. The lowest BCUT2D eigenvalue weighted by atomic mass is 10.1. The van der Waals surface area contributed by atoms with E-state index in [1.54, 1.807) is 30.3 Å². The predicted molar refractivity (Wildman–Crippen MR) is 86.9 cm³/mol. The highest BCUT2D eigenvalue weighted by molar-refractivity contribution is 7.80. The zero-order valence-corrected chi connectivity index (χ0v) is 12.4. The minimum absolute atomic E-state index is 0.316. The Morgan fingerprint density at radius 2 is 1.50 bits per heavy atom. The van der Waals surface area contributed by atoms with Gasteiger partial charge >= 0.3 is 12.1 Å². The highest BCUT2D eigenvalue weighted by Gasteiger charge is 2.11. The van der Waals surface area contributed by atoms with E-state index in [1.807, 2.05) is 35.6 Å². The maximum absolute atomic E-state index is 11.6. The Bertz CT molecular complexity index is 602. The van der Waals surface area contributed by atoms with Crippen molar-refractivity contribution in [2.24, 2.45) is 0 Å². The molecule has 0 radical (unpaired) electrons. The van der Waals surface area contributed by atoms with E-state index in [2.05, 4.69) is 5.32 Å².